The first-order valence-corrected chi connectivity index (χ1v) is 7.72. The van der Waals surface area contributed by atoms with Crippen LogP contribution in [-0.4, -0.2) is 20.0 Å². The summed E-state index contributed by atoms with van der Waals surface area (Å²) >= 11 is 0. The van der Waals surface area contributed by atoms with E-state index in [9.17, 15) is 4.79 Å². The van der Waals surface area contributed by atoms with E-state index in [0.717, 1.165) is 46.4 Å². The van der Waals surface area contributed by atoms with E-state index in [1.54, 1.807) is 14.2 Å². The van der Waals surface area contributed by atoms with Crippen LogP contribution in [-0.2, 0) is 17.8 Å². The third-order valence-corrected chi connectivity index (χ3v) is 4.16. The SMILES string of the molecule is COCc1cc(/C=C2\CCc3ccccc3C2=O)ccc1OC. The average Bonchev–Trinajstić information content (AvgIpc) is 2.58. The van der Waals surface area contributed by atoms with Crippen molar-refractivity contribution in [1.82, 2.24) is 0 Å². The topological polar surface area (TPSA) is 35.5 Å². The molecule has 0 unspecified atom stereocenters. The zero-order valence-corrected chi connectivity index (χ0v) is 13.5. The highest BCUT2D eigenvalue weighted by molar-refractivity contribution is 6.13. The van der Waals surface area contributed by atoms with E-state index in [4.69, 9.17) is 9.47 Å². The molecule has 0 N–H and O–H groups in total. The lowest BCUT2D eigenvalue weighted by atomic mass is 9.86. The molecule has 0 spiro atoms. The molecule has 0 fully saturated rings. The van der Waals surface area contributed by atoms with Gasteiger partial charge in [-0.15, -0.1) is 0 Å². The third kappa shape index (κ3) is 3.20. The first-order chi connectivity index (χ1) is 11.2. The highest BCUT2D eigenvalue weighted by atomic mass is 16.5. The van der Waals surface area contributed by atoms with Gasteiger partial charge in [0, 0.05) is 23.8 Å². The Kier molecular flexibility index (Phi) is 4.58. The number of Topliss-reactive ketones (excluding diaryl/α,β-unsaturated/α-hetero) is 1. The van der Waals surface area contributed by atoms with Gasteiger partial charge in [-0.2, -0.15) is 0 Å². The quantitative estimate of drug-likeness (QED) is 0.799. The van der Waals surface area contributed by atoms with Crippen LogP contribution in [0.5, 0.6) is 5.75 Å². The maximum Gasteiger partial charge on any atom is 0.189 e. The van der Waals surface area contributed by atoms with Crippen LogP contribution >= 0.6 is 0 Å². The summed E-state index contributed by atoms with van der Waals surface area (Å²) in [6.07, 6.45) is 3.67. The predicted molar refractivity (Wildman–Crippen MR) is 90.8 cm³/mol. The van der Waals surface area contributed by atoms with Crippen molar-refractivity contribution in [2.24, 2.45) is 0 Å². The Morgan fingerprint density at radius 1 is 1.09 bits per heavy atom. The lowest BCUT2D eigenvalue weighted by molar-refractivity contribution is 0.102. The molecule has 2 aromatic rings. The van der Waals surface area contributed by atoms with Crippen LogP contribution in [0.3, 0.4) is 0 Å². The fourth-order valence-electron chi connectivity index (χ4n) is 3.01. The summed E-state index contributed by atoms with van der Waals surface area (Å²) in [5.74, 6) is 0.935. The number of aryl methyl sites for hydroxylation is 1. The molecule has 3 nitrogen and oxygen atoms in total. The molecule has 0 saturated heterocycles. The molecule has 2 aromatic carbocycles. The van der Waals surface area contributed by atoms with E-state index in [1.165, 1.54) is 0 Å². The second-order valence-electron chi connectivity index (χ2n) is 5.66. The van der Waals surface area contributed by atoms with E-state index < -0.39 is 0 Å². The number of rotatable bonds is 4. The van der Waals surface area contributed by atoms with Gasteiger partial charge in [-0.3, -0.25) is 4.79 Å². The van der Waals surface area contributed by atoms with Gasteiger partial charge in [-0.25, -0.2) is 0 Å². The minimum atomic E-state index is 0.135. The summed E-state index contributed by atoms with van der Waals surface area (Å²) in [6, 6.07) is 13.8. The highest BCUT2D eigenvalue weighted by Gasteiger charge is 2.21. The Bertz CT molecular complexity index is 759. The Hall–Kier alpha value is -2.39. The summed E-state index contributed by atoms with van der Waals surface area (Å²) in [4.78, 5) is 12.6. The smallest absolute Gasteiger partial charge is 0.189 e. The van der Waals surface area contributed by atoms with Gasteiger partial charge in [-0.1, -0.05) is 30.3 Å². The predicted octanol–water partition coefficient (Wildman–Crippen LogP) is 4.05. The second kappa shape index (κ2) is 6.80. The van der Waals surface area contributed by atoms with Crippen LogP contribution in [0.4, 0.5) is 0 Å². The summed E-state index contributed by atoms with van der Waals surface area (Å²) < 4.78 is 10.6. The van der Waals surface area contributed by atoms with Crippen LogP contribution < -0.4 is 4.74 Å². The van der Waals surface area contributed by atoms with Crippen LogP contribution in [0.1, 0.15) is 33.5 Å². The summed E-state index contributed by atoms with van der Waals surface area (Å²) in [5.41, 5.74) is 4.81. The number of allylic oxidation sites excluding steroid dienone is 1. The molecule has 0 aliphatic heterocycles. The second-order valence-corrected chi connectivity index (χ2v) is 5.66. The number of hydrogen-bond acceptors (Lipinski definition) is 3. The molecule has 23 heavy (non-hydrogen) atoms. The number of methoxy groups -OCH3 is 2. The van der Waals surface area contributed by atoms with Crippen molar-refractivity contribution in [2.45, 2.75) is 19.4 Å². The average molecular weight is 308 g/mol. The number of carbonyl (C=O) groups excluding carboxylic acids is 1. The van der Waals surface area contributed by atoms with Gasteiger partial charge in [0.25, 0.3) is 0 Å². The Balaban J connectivity index is 1.93. The van der Waals surface area contributed by atoms with Gasteiger partial charge >= 0.3 is 0 Å². The normalized spacial score (nSPS) is 15.6. The number of hydrogen-bond donors (Lipinski definition) is 0. The molecule has 3 rings (SSSR count). The number of ketones is 1. The van der Waals surface area contributed by atoms with E-state index in [-0.39, 0.29) is 5.78 Å². The van der Waals surface area contributed by atoms with E-state index >= 15 is 0 Å². The molecular weight excluding hydrogens is 288 g/mol. The van der Waals surface area contributed by atoms with E-state index in [1.807, 2.05) is 48.5 Å². The van der Waals surface area contributed by atoms with E-state index in [0.29, 0.717) is 6.61 Å². The molecule has 1 aliphatic carbocycles. The lowest BCUT2D eigenvalue weighted by Gasteiger charge is -2.17. The standard InChI is InChI=1S/C20H20O3/c1-22-13-17-12-14(7-10-19(17)23-2)11-16-9-8-15-5-3-4-6-18(15)20(16)21/h3-7,10-12H,8-9,13H2,1-2H3/b16-11+. The van der Waals surface area contributed by atoms with Crippen molar-refractivity contribution >= 4 is 11.9 Å². The summed E-state index contributed by atoms with van der Waals surface area (Å²) in [6.45, 7) is 0.483. The number of ether oxygens (including phenoxy) is 2. The third-order valence-electron chi connectivity index (χ3n) is 4.16. The molecule has 0 bridgehead atoms. The van der Waals surface area contributed by atoms with Gasteiger partial charge in [0.15, 0.2) is 5.78 Å². The van der Waals surface area contributed by atoms with Crippen LogP contribution in [0.2, 0.25) is 0 Å². The first-order valence-electron chi connectivity index (χ1n) is 7.72. The molecule has 0 aromatic heterocycles. The number of fused-ring (bicyclic) bond motifs is 1. The van der Waals surface area contributed by atoms with Crippen LogP contribution in [0.25, 0.3) is 6.08 Å². The fourth-order valence-corrected chi connectivity index (χ4v) is 3.01. The molecule has 0 heterocycles. The maximum atomic E-state index is 12.6. The van der Waals surface area contributed by atoms with Crippen LogP contribution in [0, 0.1) is 0 Å². The monoisotopic (exact) mass is 308 g/mol. The molecule has 0 saturated carbocycles. The molecule has 0 amide bonds. The Morgan fingerprint density at radius 3 is 2.70 bits per heavy atom. The van der Waals surface area contributed by atoms with Gasteiger partial charge in [-0.05, 0) is 42.2 Å². The highest BCUT2D eigenvalue weighted by Crippen LogP contribution is 2.28. The largest absolute Gasteiger partial charge is 0.496 e. The van der Waals surface area contributed by atoms with Gasteiger partial charge in [0.2, 0.25) is 0 Å². The summed E-state index contributed by atoms with van der Waals surface area (Å²) in [7, 11) is 3.31. The van der Waals surface area contributed by atoms with Crippen molar-refractivity contribution in [3.8, 4) is 5.75 Å². The minimum Gasteiger partial charge on any atom is -0.496 e. The Morgan fingerprint density at radius 2 is 1.91 bits per heavy atom. The van der Waals surface area contributed by atoms with Crippen LogP contribution in [0.15, 0.2) is 48.0 Å². The van der Waals surface area contributed by atoms with Gasteiger partial charge in [0.05, 0.1) is 13.7 Å². The van der Waals surface area contributed by atoms with Gasteiger partial charge in [0.1, 0.15) is 5.75 Å². The number of carbonyl (C=O) groups is 1. The molecule has 0 atom stereocenters. The zero-order chi connectivity index (χ0) is 16.2. The first kappa shape index (κ1) is 15.5. The fraction of sp³-hybridized carbons (Fsp3) is 0.250. The zero-order valence-electron chi connectivity index (χ0n) is 13.5. The molecule has 118 valence electrons. The van der Waals surface area contributed by atoms with Crippen molar-refractivity contribution in [3.63, 3.8) is 0 Å². The van der Waals surface area contributed by atoms with Gasteiger partial charge < -0.3 is 9.47 Å². The van der Waals surface area contributed by atoms with Crippen molar-refractivity contribution in [3.05, 3.63) is 70.3 Å². The number of benzene rings is 2. The lowest BCUT2D eigenvalue weighted by Crippen LogP contribution is -2.13. The van der Waals surface area contributed by atoms with E-state index in [2.05, 4.69) is 0 Å². The van der Waals surface area contributed by atoms with Crippen molar-refractivity contribution in [2.75, 3.05) is 14.2 Å². The minimum absolute atomic E-state index is 0.135. The van der Waals surface area contributed by atoms with Crippen molar-refractivity contribution in [1.29, 1.82) is 0 Å². The molecule has 3 heteroatoms. The van der Waals surface area contributed by atoms with Crippen molar-refractivity contribution < 1.29 is 14.3 Å². The Labute approximate surface area is 136 Å². The molecule has 1 aliphatic rings. The summed E-state index contributed by atoms with van der Waals surface area (Å²) in [5, 5.41) is 0. The molecular formula is C20H20O3. The molecule has 0 radical (unpaired) electrons. The maximum absolute atomic E-state index is 12.6.